The summed E-state index contributed by atoms with van der Waals surface area (Å²) in [6.45, 7) is 14.6. The predicted molar refractivity (Wildman–Crippen MR) is 114 cm³/mol. The predicted octanol–water partition coefficient (Wildman–Crippen LogP) is 5.77. The number of aryl methyl sites for hydroxylation is 3. The molecule has 2 aliphatic heterocycles. The summed E-state index contributed by atoms with van der Waals surface area (Å²) in [6, 6.07) is 5.04. The molecule has 2 heterocycles. The van der Waals surface area contributed by atoms with Gasteiger partial charge in [0, 0.05) is 37.7 Å². The minimum Gasteiger partial charge on any atom is -0.459 e. The minimum absolute atomic E-state index is 0.343. The van der Waals surface area contributed by atoms with E-state index in [1.807, 2.05) is 0 Å². The highest BCUT2D eigenvalue weighted by Gasteiger charge is 2.39. The van der Waals surface area contributed by atoms with Crippen LogP contribution >= 0.6 is 0 Å². The summed E-state index contributed by atoms with van der Waals surface area (Å²) in [5.41, 5.74) is 5.16. The van der Waals surface area contributed by atoms with Crippen molar-refractivity contribution in [3.05, 3.63) is 52.7 Å². The second kappa shape index (κ2) is 8.00. The molecule has 0 N–H and O–H groups in total. The zero-order valence-corrected chi connectivity index (χ0v) is 18.2. The largest absolute Gasteiger partial charge is 0.459 e. The molecule has 0 bridgehead atoms. The number of hydrogen-bond donors (Lipinski definition) is 0. The summed E-state index contributed by atoms with van der Waals surface area (Å²) in [4.78, 5) is 4.82. The van der Waals surface area contributed by atoms with Crippen LogP contribution in [0.15, 0.2) is 36.0 Å². The van der Waals surface area contributed by atoms with Crippen LogP contribution in [-0.2, 0) is 0 Å². The lowest BCUT2D eigenvalue weighted by atomic mass is 9.80. The van der Waals surface area contributed by atoms with E-state index in [0.717, 1.165) is 18.1 Å². The molecule has 0 saturated carbocycles. The van der Waals surface area contributed by atoms with E-state index in [2.05, 4.69) is 82.9 Å². The molecule has 2 atom stereocenters. The van der Waals surface area contributed by atoms with E-state index >= 15 is 0 Å². The van der Waals surface area contributed by atoms with Gasteiger partial charge < -0.3 is 14.5 Å². The molecule has 27 heavy (non-hydrogen) atoms. The standard InChI is InChI=1S/C24H36N2O/c1-8-20(9-2)26-11-10-17(4)23-21(26)14-25(7)15-22(23)27-24-18(5)12-16(3)13-19(24)6/h12-15,17,20,23H,8-11H2,1-7H3. The number of piperidine rings is 1. The first-order valence-corrected chi connectivity index (χ1v) is 10.5. The van der Waals surface area contributed by atoms with Crippen LogP contribution in [0, 0.1) is 32.6 Å². The average molecular weight is 369 g/mol. The van der Waals surface area contributed by atoms with Gasteiger partial charge >= 0.3 is 0 Å². The van der Waals surface area contributed by atoms with Gasteiger partial charge in [-0.2, -0.15) is 0 Å². The van der Waals surface area contributed by atoms with E-state index < -0.39 is 0 Å². The minimum atomic E-state index is 0.343. The van der Waals surface area contributed by atoms with E-state index in [4.69, 9.17) is 4.74 Å². The summed E-state index contributed by atoms with van der Waals surface area (Å²) in [7, 11) is 2.12. The van der Waals surface area contributed by atoms with Crippen molar-refractivity contribution >= 4 is 0 Å². The van der Waals surface area contributed by atoms with Crippen molar-refractivity contribution < 1.29 is 4.74 Å². The average Bonchev–Trinajstić information content (AvgIpc) is 2.60. The monoisotopic (exact) mass is 368 g/mol. The molecule has 3 rings (SSSR count). The van der Waals surface area contributed by atoms with Gasteiger partial charge in [0.25, 0.3) is 0 Å². The number of rotatable bonds is 5. The Bertz CT molecular complexity index is 722. The zero-order valence-electron chi connectivity index (χ0n) is 18.2. The fourth-order valence-corrected chi connectivity index (χ4v) is 4.87. The topological polar surface area (TPSA) is 15.7 Å². The third-order valence-corrected chi connectivity index (χ3v) is 6.23. The lowest BCUT2D eigenvalue weighted by molar-refractivity contribution is 0.123. The Morgan fingerprint density at radius 1 is 1.07 bits per heavy atom. The zero-order chi connectivity index (χ0) is 19.7. The molecule has 2 unspecified atom stereocenters. The summed E-state index contributed by atoms with van der Waals surface area (Å²) in [5.74, 6) is 3.05. The van der Waals surface area contributed by atoms with Crippen molar-refractivity contribution in [3.63, 3.8) is 0 Å². The molecule has 1 aromatic rings. The van der Waals surface area contributed by atoms with Crippen LogP contribution in [0.25, 0.3) is 0 Å². The molecule has 0 aromatic heterocycles. The maximum absolute atomic E-state index is 6.63. The van der Waals surface area contributed by atoms with Gasteiger partial charge in [0.1, 0.15) is 11.5 Å². The van der Waals surface area contributed by atoms with Crippen LogP contribution in [0.2, 0.25) is 0 Å². The normalized spacial score (nSPS) is 22.5. The lowest BCUT2D eigenvalue weighted by Crippen LogP contribution is -2.46. The number of ether oxygens (including phenoxy) is 1. The number of benzene rings is 1. The fourth-order valence-electron chi connectivity index (χ4n) is 4.87. The Kier molecular flexibility index (Phi) is 5.88. The highest BCUT2D eigenvalue weighted by atomic mass is 16.5. The van der Waals surface area contributed by atoms with E-state index in [9.17, 15) is 0 Å². The van der Waals surface area contributed by atoms with Crippen molar-refractivity contribution in [2.45, 2.75) is 66.8 Å². The van der Waals surface area contributed by atoms with Crippen LogP contribution in [0.1, 0.15) is 56.7 Å². The van der Waals surface area contributed by atoms with Crippen LogP contribution in [-0.4, -0.2) is 29.4 Å². The van der Waals surface area contributed by atoms with Gasteiger partial charge in [-0.25, -0.2) is 0 Å². The number of likely N-dealkylation sites (tertiary alicyclic amines) is 1. The highest BCUT2D eigenvalue weighted by molar-refractivity contribution is 5.44. The van der Waals surface area contributed by atoms with E-state index in [0.29, 0.717) is 17.9 Å². The second-order valence-electron chi connectivity index (χ2n) is 8.49. The first-order valence-electron chi connectivity index (χ1n) is 10.5. The Morgan fingerprint density at radius 2 is 1.70 bits per heavy atom. The number of hydrogen-bond acceptors (Lipinski definition) is 3. The van der Waals surface area contributed by atoms with Gasteiger partial charge in [-0.05, 0) is 57.1 Å². The third-order valence-electron chi connectivity index (χ3n) is 6.23. The quantitative estimate of drug-likeness (QED) is 0.656. The van der Waals surface area contributed by atoms with Crippen molar-refractivity contribution in [1.82, 2.24) is 9.80 Å². The van der Waals surface area contributed by atoms with E-state index in [1.54, 1.807) is 0 Å². The number of fused-ring (bicyclic) bond motifs is 1. The molecule has 0 aliphatic carbocycles. The molecule has 0 radical (unpaired) electrons. The first kappa shape index (κ1) is 19.9. The van der Waals surface area contributed by atoms with Gasteiger partial charge in [0.15, 0.2) is 0 Å². The molecule has 2 aliphatic rings. The van der Waals surface area contributed by atoms with Crippen molar-refractivity contribution in [1.29, 1.82) is 0 Å². The van der Waals surface area contributed by atoms with Crippen molar-refractivity contribution in [2.24, 2.45) is 11.8 Å². The summed E-state index contributed by atoms with van der Waals surface area (Å²) >= 11 is 0. The Morgan fingerprint density at radius 3 is 2.30 bits per heavy atom. The molecular formula is C24H36N2O. The van der Waals surface area contributed by atoms with Gasteiger partial charge in [0.2, 0.25) is 0 Å². The maximum atomic E-state index is 6.63. The van der Waals surface area contributed by atoms with Gasteiger partial charge in [-0.15, -0.1) is 0 Å². The summed E-state index contributed by atoms with van der Waals surface area (Å²) in [5, 5.41) is 0. The van der Waals surface area contributed by atoms with E-state index in [-0.39, 0.29) is 0 Å². The second-order valence-corrected chi connectivity index (χ2v) is 8.49. The Hall–Kier alpha value is -1.90. The summed E-state index contributed by atoms with van der Waals surface area (Å²) < 4.78 is 6.63. The third kappa shape index (κ3) is 3.88. The number of nitrogens with zero attached hydrogens (tertiary/aromatic N) is 2. The maximum Gasteiger partial charge on any atom is 0.132 e. The van der Waals surface area contributed by atoms with E-state index in [1.165, 1.54) is 41.6 Å². The van der Waals surface area contributed by atoms with Crippen LogP contribution in [0.4, 0.5) is 0 Å². The molecule has 1 aromatic carbocycles. The van der Waals surface area contributed by atoms with Gasteiger partial charge in [-0.3, -0.25) is 0 Å². The Labute approximate surface area is 165 Å². The molecule has 0 amide bonds. The molecule has 148 valence electrons. The van der Waals surface area contributed by atoms with Crippen molar-refractivity contribution in [2.75, 3.05) is 13.6 Å². The van der Waals surface area contributed by atoms with Crippen LogP contribution < -0.4 is 4.74 Å². The van der Waals surface area contributed by atoms with Crippen LogP contribution in [0.3, 0.4) is 0 Å². The van der Waals surface area contributed by atoms with Crippen LogP contribution in [0.5, 0.6) is 5.75 Å². The first-order chi connectivity index (χ1) is 12.8. The molecule has 1 fully saturated rings. The Balaban J connectivity index is 1.95. The highest BCUT2D eigenvalue weighted by Crippen LogP contribution is 2.42. The molecule has 3 heteroatoms. The SMILES string of the molecule is CCC(CC)N1CCC(C)C2C(Oc3c(C)cc(C)cc3C)=CN(C)C=C21. The van der Waals surface area contributed by atoms with Gasteiger partial charge in [0.05, 0.1) is 5.92 Å². The van der Waals surface area contributed by atoms with Gasteiger partial charge in [-0.1, -0.05) is 38.5 Å². The molecule has 0 spiro atoms. The smallest absolute Gasteiger partial charge is 0.132 e. The molecule has 1 saturated heterocycles. The lowest BCUT2D eigenvalue weighted by Gasteiger charge is -2.47. The molecular weight excluding hydrogens is 332 g/mol. The van der Waals surface area contributed by atoms with Crippen molar-refractivity contribution in [3.8, 4) is 5.75 Å². The fraction of sp³-hybridized carbons (Fsp3) is 0.583. The summed E-state index contributed by atoms with van der Waals surface area (Å²) in [6.07, 6.45) is 8.10. The molecule has 3 nitrogen and oxygen atoms in total.